The van der Waals surface area contributed by atoms with Crippen LogP contribution in [-0.4, -0.2) is 107 Å². The Kier molecular flexibility index (Phi) is 13.7. The molecule has 9 rings (SSSR count). The van der Waals surface area contributed by atoms with Crippen molar-refractivity contribution in [3.8, 4) is 0 Å². The molecule has 12 heteroatoms. The van der Waals surface area contributed by atoms with E-state index in [-0.39, 0.29) is 50.0 Å². The van der Waals surface area contributed by atoms with E-state index in [1.807, 2.05) is 30.3 Å². The van der Waals surface area contributed by atoms with Gasteiger partial charge in [-0.25, -0.2) is 0 Å². The van der Waals surface area contributed by atoms with Gasteiger partial charge in [0, 0.05) is 39.3 Å². The molecule has 2 bridgehead atoms. The van der Waals surface area contributed by atoms with E-state index in [2.05, 4.69) is 70.3 Å². The highest BCUT2D eigenvalue weighted by Crippen LogP contribution is 2.61. The van der Waals surface area contributed by atoms with Crippen LogP contribution in [0.2, 0.25) is 0 Å². The van der Waals surface area contributed by atoms with Crippen LogP contribution in [0.25, 0.3) is 6.08 Å². The largest absolute Gasteiger partial charge is 0.458 e. The summed E-state index contributed by atoms with van der Waals surface area (Å²) in [6.45, 7) is 11.5. The van der Waals surface area contributed by atoms with Crippen LogP contribution in [0.15, 0.2) is 60.2 Å². The molecule has 4 heterocycles. The van der Waals surface area contributed by atoms with Crippen LogP contribution in [-0.2, 0) is 51.1 Å². The standard InChI is InChI=1S/C54H75N3O9/c1-7-9-14-25-53(26-15-10-8-2)64-44-42-33-54(50(61)56(6)41(48(59)55-28-29-58)31-35-16-12-11-13-17-35)46(49(60)62-42)57(66-47(54)45(44)65-53)34-37-20-18-36(19-21-37)30-38-22-23-43-52(5,63-43)27-24-40-39(38)32-51(40,3)4/h11-13,16-21,30,39-47,58H,7-10,14-15,22-29,31-34H2,1-6H3,(H,55,59)/t39-,40-,41-,42-,43?,44+,45+,46-,47-,52-,54-/m1/s1. The minimum atomic E-state index is -1.44. The Hall–Kier alpha value is -3.65. The lowest BCUT2D eigenvalue weighted by Gasteiger charge is -2.53. The first-order chi connectivity index (χ1) is 31.7. The number of allylic oxidation sites excluding steroid dienone is 1. The summed E-state index contributed by atoms with van der Waals surface area (Å²) in [5.74, 6) is -0.951. The minimum absolute atomic E-state index is 0.0375. The molecule has 7 fully saturated rings. The van der Waals surface area contributed by atoms with Gasteiger partial charge in [-0.2, -0.15) is 5.06 Å². The number of hydrogen-bond acceptors (Lipinski definition) is 10. The van der Waals surface area contributed by atoms with Crippen molar-refractivity contribution >= 4 is 23.9 Å². The van der Waals surface area contributed by atoms with Gasteiger partial charge in [-0.1, -0.05) is 120 Å². The molecule has 66 heavy (non-hydrogen) atoms. The van der Waals surface area contributed by atoms with Gasteiger partial charge in [0.05, 0.1) is 24.9 Å². The van der Waals surface area contributed by atoms with Crippen molar-refractivity contribution in [3.63, 3.8) is 0 Å². The molecule has 4 aliphatic heterocycles. The molecule has 1 unspecified atom stereocenters. The molecule has 12 nitrogen and oxygen atoms in total. The molecule has 2 aromatic rings. The van der Waals surface area contributed by atoms with Crippen molar-refractivity contribution in [1.82, 2.24) is 15.3 Å². The van der Waals surface area contributed by atoms with Crippen molar-refractivity contribution < 1.29 is 43.3 Å². The SMILES string of the molecule is CCCCCC1(CCCCC)O[C@@H]2[C@H](O1)[C@H]1ON(Cc3ccc(C=C4CCC5O[C@]5(C)CC[C@@H]5[C@@H]4CC5(C)C)cc3)[C@@H]3C(=O)O[C@@H]2C[C@]13C(=O)N(C)[C@H](Cc1ccccc1)C(=O)NCCO. The molecular formula is C54H75N3O9. The smallest absolute Gasteiger partial charge is 0.327 e. The number of fused-ring (bicyclic) bond motifs is 6. The first kappa shape index (κ1) is 47.4. The number of aliphatic hydroxyl groups excluding tert-OH is 1. The monoisotopic (exact) mass is 910 g/mol. The van der Waals surface area contributed by atoms with Crippen LogP contribution < -0.4 is 5.32 Å². The number of benzene rings is 2. The van der Waals surface area contributed by atoms with Crippen LogP contribution in [0.1, 0.15) is 141 Å². The third kappa shape index (κ3) is 8.92. The number of likely N-dealkylation sites (N-methyl/N-ethyl adjacent to an activating group) is 1. The van der Waals surface area contributed by atoms with E-state index >= 15 is 4.79 Å². The van der Waals surface area contributed by atoms with Crippen LogP contribution in [0, 0.1) is 22.7 Å². The third-order valence-electron chi connectivity index (χ3n) is 16.8. The highest BCUT2D eigenvalue weighted by molar-refractivity contribution is 5.96. The molecule has 3 aliphatic carbocycles. The summed E-state index contributed by atoms with van der Waals surface area (Å²) in [6.07, 6.45) is 13.3. The second-order valence-electron chi connectivity index (χ2n) is 21.7. The van der Waals surface area contributed by atoms with E-state index in [1.54, 1.807) is 12.1 Å². The predicted octanol–water partition coefficient (Wildman–Crippen LogP) is 8.08. The summed E-state index contributed by atoms with van der Waals surface area (Å²) >= 11 is 0. The number of amides is 2. The molecule has 7 aliphatic rings. The van der Waals surface area contributed by atoms with Crippen LogP contribution in [0.4, 0.5) is 0 Å². The van der Waals surface area contributed by atoms with E-state index in [0.717, 1.165) is 74.5 Å². The maximum Gasteiger partial charge on any atom is 0.327 e. The number of nitrogens with one attached hydrogen (secondary N) is 1. The number of carbonyl (C=O) groups is 3. The van der Waals surface area contributed by atoms with E-state index in [0.29, 0.717) is 36.2 Å². The first-order valence-electron chi connectivity index (χ1n) is 25.4. The van der Waals surface area contributed by atoms with Gasteiger partial charge in [-0.3, -0.25) is 19.2 Å². The van der Waals surface area contributed by atoms with Crippen molar-refractivity contribution in [2.24, 2.45) is 22.7 Å². The van der Waals surface area contributed by atoms with Crippen molar-refractivity contribution in [2.75, 3.05) is 20.2 Å². The van der Waals surface area contributed by atoms with Gasteiger partial charge in [0.1, 0.15) is 35.9 Å². The lowest BCUT2D eigenvalue weighted by atomic mass is 9.52. The topological polar surface area (TPSA) is 139 Å². The first-order valence-corrected chi connectivity index (χ1v) is 25.4. The Bertz CT molecular complexity index is 2080. The number of rotatable bonds is 18. The summed E-state index contributed by atoms with van der Waals surface area (Å²) in [5, 5.41) is 14.1. The summed E-state index contributed by atoms with van der Waals surface area (Å²) in [4.78, 5) is 52.9. The Morgan fingerprint density at radius 1 is 0.909 bits per heavy atom. The lowest BCUT2D eigenvalue weighted by molar-refractivity contribution is -0.225. The van der Waals surface area contributed by atoms with Crippen molar-refractivity contribution in [2.45, 2.75) is 191 Å². The van der Waals surface area contributed by atoms with E-state index in [9.17, 15) is 14.7 Å². The van der Waals surface area contributed by atoms with Gasteiger partial charge < -0.3 is 34.3 Å². The number of hydroxylamine groups is 2. The zero-order chi connectivity index (χ0) is 46.4. The number of ether oxygens (including phenoxy) is 4. The predicted molar refractivity (Wildman–Crippen MR) is 250 cm³/mol. The van der Waals surface area contributed by atoms with Gasteiger partial charge >= 0.3 is 5.97 Å². The fourth-order valence-corrected chi connectivity index (χ4v) is 13.0. The fraction of sp³-hybridized carbons (Fsp3) is 0.685. The van der Waals surface area contributed by atoms with Crippen LogP contribution in [0.5, 0.6) is 0 Å². The maximum absolute atomic E-state index is 15.7. The second-order valence-corrected chi connectivity index (χ2v) is 21.7. The fourth-order valence-electron chi connectivity index (χ4n) is 13.0. The summed E-state index contributed by atoms with van der Waals surface area (Å²) < 4.78 is 26.7. The summed E-state index contributed by atoms with van der Waals surface area (Å²) in [6, 6.07) is 16.1. The normalized spacial score (nSPS) is 34.7. The van der Waals surface area contributed by atoms with Crippen molar-refractivity contribution in [3.05, 3.63) is 76.9 Å². The Labute approximate surface area is 392 Å². The number of hydrogen-bond donors (Lipinski definition) is 2. The molecule has 2 N–H and O–H groups in total. The molecule has 0 radical (unpaired) electrons. The molecule has 11 atom stereocenters. The zero-order valence-corrected chi connectivity index (χ0v) is 40.3. The zero-order valence-electron chi connectivity index (χ0n) is 40.3. The lowest BCUT2D eigenvalue weighted by Crippen LogP contribution is -2.70. The average molecular weight is 910 g/mol. The Morgan fingerprint density at radius 2 is 1.62 bits per heavy atom. The molecule has 0 aromatic heterocycles. The van der Waals surface area contributed by atoms with E-state index in [1.165, 1.54) is 23.3 Å². The van der Waals surface area contributed by atoms with Gasteiger partial charge in [0.15, 0.2) is 11.8 Å². The average Bonchev–Trinajstić information content (AvgIpc) is 3.58. The highest BCUT2D eigenvalue weighted by atomic mass is 16.8. The summed E-state index contributed by atoms with van der Waals surface area (Å²) in [7, 11) is 1.65. The Morgan fingerprint density at radius 3 is 2.30 bits per heavy atom. The minimum Gasteiger partial charge on any atom is -0.458 e. The molecular weight excluding hydrogens is 835 g/mol. The maximum atomic E-state index is 15.7. The number of epoxide rings is 1. The third-order valence-corrected chi connectivity index (χ3v) is 16.8. The number of esters is 1. The molecule has 3 saturated carbocycles. The molecule has 0 spiro atoms. The van der Waals surface area contributed by atoms with Gasteiger partial charge in [-0.05, 0) is 85.8 Å². The Balaban J connectivity index is 1.03. The second kappa shape index (κ2) is 19.0. The summed E-state index contributed by atoms with van der Waals surface area (Å²) in [5.41, 5.74) is 3.40. The van der Waals surface area contributed by atoms with Gasteiger partial charge in [0.2, 0.25) is 11.8 Å². The van der Waals surface area contributed by atoms with Gasteiger partial charge in [-0.15, -0.1) is 0 Å². The van der Waals surface area contributed by atoms with E-state index in [4.69, 9.17) is 23.8 Å². The van der Waals surface area contributed by atoms with E-state index < -0.39 is 53.7 Å². The molecule has 4 saturated heterocycles. The van der Waals surface area contributed by atoms with Crippen molar-refractivity contribution in [1.29, 1.82) is 0 Å². The van der Waals surface area contributed by atoms with Crippen LogP contribution in [0.3, 0.4) is 0 Å². The number of carbonyl (C=O) groups excluding carboxylic acids is 3. The molecule has 360 valence electrons. The van der Waals surface area contributed by atoms with Gasteiger partial charge in [0.25, 0.3) is 0 Å². The number of nitrogens with zero attached hydrogens (tertiary/aromatic N) is 2. The number of unbranched alkanes of at least 4 members (excludes halogenated alkanes) is 4. The highest BCUT2D eigenvalue weighted by Gasteiger charge is 2.77. The molecule has 2 amide bonds. The quantitative estimate of drug-likeness (QED) is 0.0858. The van der Waals surface area contributed by atoms with Crippen LogP contribution >= 0.6 is 0 Å². The number of aliphatic hydroxyl groups is 1. The molecule has 2 aromatic carbocycles.